The smallest absolute Gasteiger partial charge is 0.150 e. The van der Waals surface area contributed by atoms with Gasteiger partial charge in [0.25, 0.3) is 0 Å². The van der Waals surface area contributed by atoms with E-state index in [1.807, 2.05) is 6.92 Å². The largest absolute Gasteiger partial charge is 0.323 e. The van der Waals surface area contributed by atoms with Gasteiger partial charge in [0.1, 0.15) is 4.34 Å². The fraction of sp³-hybridized carbons (Fsp3) is 0.357. The molecule has 0 amide bonds. The molecule has 2 unspecified atom stereocenters. The summed E-state index contributed by atoms with van der Waals surface area (Å²) in [5.41, 5.74) is 9.84. The number of aromatic nitrogens is 1. The first-order valence-corrected chi connectivity index (χ1v) is 7.73. The molecular formula is C14H18N2S2. The van der Waals surface area contributed by atoms with Crippen molar-refractivity contribution in [1.29, 1.82) is 0 Å². The van der Waals surface area contributed by atoms with Crippen molar-refractivity contribution in [2.45, 2.75) is 36.4 Å². The molecule has 96 valence electrons. The number of thioether (sulfide) groups is 1. The maximum atomic E-state index is 6.30. The zero-order valence-corrected chi connectivity index (χ0v) is 12.5. The van der Waals surface area contributed by atoms with E-state index in [2.05, 4.69) is 48.5 Å². The van der Waals surface area contributed by atoms with Crippen LogP contribution < -0.4 is 5.73 Å². The fourth-order valence-corrected chi connectivity index (χ4v) is 3.84. The Morgan fingerprint density at radius 1 is 1.22 bits per heavy atom. The summed E-state index contributed by atoms with van der Waals surface area (Å²) in [6, 6.07) is 8.49. The second-order valence-electron chi connectivity index (χ2n) is 4.51. The Hall–Kier alpha value is -0.840. The average molecular weight is 278 g/mol. The maximum absolute atomic E-state index is 6.30. The molecule has 0 fully saturated rings. The normalized spacial score (nSPS) is 14.4. The van der Waals surface area contributed by atoms with Gasteiger partial charge in [-0.2, -0.15) is 0 Å². The predicted molar refractivity (Wildman–Crippen MR) is 80.3 cm³/mol. The van der Waals surface area contributed by atoms with Gasteiger partial charge in [-0.25, -0.2) is 4.98 Å². The lowest BCUT2D eigenvalue weighted by atomic mass is 10.0. The summed E-state index contributed by atoms with van der Waals surface area (Å²) in [5, 5.41) is 2.39. The second-order valence-corrected chi connectivity index (χ2v) is 7.00. The van der Waals surface area contributed by atoms with E-state index in [0.717, 1.165) is 10.0 Å². The summed E-state index contributed by atoms with van der Waals surface area (Å²) < 4.78 is 1.10. The quantitative estimate of drug-likeness (QED) is 0.861. The second kappa shape index (κ2) is 5.87. The van der Waals surface area contributed by atoms with Gasteiger partial charge < -0.3 is 5.73 Å². The molecule has 0 aliphatic rings. The highest BCUT2D eigenvalue weighted by atomic mass is 32.2. The Morgan fingerprint density at radius 3 is 2.44 bits per heavy atom. The standard InChI is InChI=1S/C14H18N2S2/c1-9-4-6-12(7-5-9)13(15)11(3)18-14-16-10(2)8-17-14/h4-8,11,13H,15H2,1-3H3. The monoisotopic (exact) mass is 278 g/mol. The van der Waals surface area contributed by atoms with E-state index in [0.29, 0.717) is 5.25 Å². The van der Waals surface area contributed by atoms with Crippen LogP contribution in [-0.4, -0.2) is 10.2 Å². The van der Waals surface area contributed by atoms with Gasteiger partial charge in [0.2, 0.25) is 0 Å². The van der Waals surface area contributed by atoms with E-state index in [4.69, 9.17) is 5.73 Å². The summed E-state index contributed by atoms with van der Waals surface area (Å²) in [4.78, 5) is 4.47. The molecular weight excluding hydrogens is 260 g/mol. The third-order valence-corrected chi connectivity index (χ3v) is 5.14. The molecule has 1 aromatic heterocycles. The zero-order valence-electron chi connectivity index (χ0n) is 10.9. The van der Waals surface area contributed by atoms with Gasteiger partial charge in [-0.3, -0.25) is 0 Å². The van der Waals surface area contributed by atoms with Crippen molar-refractivity contribution in [3.63, 3.8) is 0 Å². The van der Waals surface area contributed by atoms with Crippen molar-refractivity contribution in [3.05, 3.63) is 46.5 Å². The Labute approximate surface area is 117 Å². The van der Waals surface area contributed by atoms with Crippen molar-refractivity contribution in [3.8, 4) is 0 Å². The Morgan fingerprint density at radius 2 is 1.89 bits per heavy atom. The Kier molecular flexibility index (Phi) is 4.43. The van der Waals surface area contributed by atoms with Gasteiger partial charge in [-0.15, -0.1) is 11.3 Å². The summed E-state index contributed by atoms with van der Waals surface area (Å²) in [6.07, 6.45) is 0. The van der Waals surface area contributed by atoms with Crippen LogP contribution in [0.25, 0.3) is 0 Å². The van der Waals surface area contributed by atoms with Crippen molar-refractivity contribution < 1.29 is 0 Å². The molecule has 0 spiro atoms. The lowest BCUT2D eigenvalue weighted by Crippen LogP contribution is -2.20. The van der Waals surface area contributed by atoms with E-state index in [1.165, 1.54) is 11.1 Å². The summed E-state index contributed by atoms with van der Waals surface area (Å²) in [5.74, 6) is 0. The molecule has 0 bridgehead atoms. The van der Waals surface area contributed by atoms with Crippen LogP contribution in [0, 0.1) is 13.8 Å². The lowest BCUT2D eigenvalue weighted by Gasteiger charge is -2.18. The average Bonchev–Trinajstić information content (AvgIpc) is 2.75. The van der Waals surface area contributed by atoms with Gasteiger partial charge in [0.05, 0.1) is 0 Å². The maximum Gasteiger partial charge on any atom is 0.150 e. The summed E-state index contributed by atoms with van der Waals surface area (Å²) >= 11 is 3.44. The molecule has 2 aromatic rings. The number of thiazole rings is 1. The van der Waals surface area contributed by atoms with Gasteiger partial charge in [-0.1, -0.05) is 48.5 Å². The first-order valence-electron chi connectivity index (χ1n) is 5.97. The first-order chi connectivity index (χ1) is 8.56. The summed E-state index contributed by atoms with van der Waals surface area (Å²) in [6.45, 7) is 6.27. The van der Waals surface area contributed by atoms with Crippen LogP contribution in [0.3, 0.4) is 0 Å². The molecule has 4 heteroatoms. The zero-order chi connectivity index (χ0) is 13.1. The third kappa shape index (κ3) is 3.34. The first kappa shape index (κ1) is 13.6. The van der Waals surface area contributed by atoms with Crippen molar-refractivity contribution in [1.82, 2.24) is 4.98 Å². The lowest BCUT2D eigenvalue weighted by molar-refractivity contribution is 0.714. The molecule has 0 saturated carbocycles. The van der Waals surface area contributed by atoms with Crippen LogP contribution in [-0.2, 0) is 0 Å². The molecule has 2 atom stereocenters. The molecule has 0 aliphatic carbocycles. The number of hydrogen-bond acceptors (Lipinski definition) is 4. The Balaban J connectivity index is 2.04. The number of rotatable bonds is 4. The van der Waals surface area contributed by atoms with Gasteiger partial charge in [0, 0.05) is 22.4 Å². The number of nitrogens with two attached hydrogens (primary N) is 1. The topological polar surface area (TPSA) is 38.9 Å². The van der Waals surface area contributed by atoms with Crippen LogP contribution in [0.2, 0.25) is 0 Å². The molecule has 0 radical (unpaired) electrons. The predicted octanol–water partition coefficient (Wildman–Crippen LogP) is 3.94. The molecule has 18 heavy (non-hydrogen) atoms. The van der Waals surface area contributed by atoms with Gasteiger partial charge in [0.15, 0.2) is 0 Å². The summed E-state index contributed by atoms with van der Waals surface area (Å²) in [7, 11) is 0. The van der Waals surface area contributed by atoms with Crippen molar-refractivity contribution >= 4 is 23.1 Å². The highest BCUT2D eigenvalue weighted by Crippen LogP contribution is 2.32. The molecule has 1 heterocycles. The van der Waals surface area contributed by atoms with Crippen LogP contribution in [0.4, 0.5) is 0 Å². The SMILES string of the molecule is Cc1ccc(C(N)C(C)Sc2nc(C)cs2)cc1. The van der Waals surface area contributed by atoms with Crippen molar-refractivity contribution in [2.75, 3.05) is 0 Å². The van der Waals surface area contributed by atoms with E-state index in [1.54, 1.807) is 23.1 Å². The van der Waals surface area contributed by atoms with Crippen LogP contribution in [0.15, 0.2) is 34.0 Å². The minimum Gasteiger partial charge on any atom is -0.323 e. The van der Waals surface area contributed by atoms with E-state index >= 15 is 0 Å². The minimum atomic E-state index is 0.0415. The molecule has 2 N–H and O–H groups in total. The highest BCUT2D eigenvalue weighted by molar-refractivity contribution is 8.01. The Bertz CT molecular complexity index is 505. The molecule has 0 aliphatic heterocycles. The van der Waals surface area contributed by atoms with Crippen LogP contribution in [0.1, 0.15) is 29.8 Å². The van der Waals surface area contributed by atoms with Crippen LogP contribution >= 0.6 is 23.1 Å². The van der Waals surface area contributed by atoms with Crippen molar-refractivity contribution in [2.24, 2.45) is 5.73 Å². The van der Waals surface area contributed by atoms with E-state index in [-0.39, 0.29) is 6.04 Å². The molecule has 1 aromatic carbocycles. The fourth-order valence-electron chi connectivity index (χ4n) is 1.68. The minimum absolute atomic E-state index is 0.0415. The number of benzene rings is 1. The molecule has 2 nitrogen and oxygen atoms in total. The van der Waals surface area contributed by atoms with Gasteiger partial charge >= 0.3 is 0 Å². The van der Waals surface area contributed by atoms with Gasteiger partial charge in [-0.05, 0) is 19.4 Å². The molecule has 0 saturated heterocycles. The number of aryl methyl sites for hydroxylation is 2. The van der Waals surface area contributed by atoms with Crippen LogP contribution in [0.5, 0.6) is 0 Å². The van der Waals surface area contributed by atoms with E-state index < -0.39 is 0 Å². The van der Waals surface area contributed by atoms with E-state index in [9.17, 15) is 0 Å². The third-order valence-electron chi connectivity index (χ3n) is 2.85. The number of nitrogens with zero attached hydrogens (tertiary/aromatic N) is 1. The number of hydrogen-bond donors (Lipinski definition) is 1. The highest BCUT2D eigenvalue weighted by Gasteiger charge is 2.17. The molecule has 2 rings (SSSR count).